The lowest BCUT2D eigenvalue weighted by atomic mass is 9.97. The molecule has 2 rings (SSSR count). The van der Waals surface area contributed by atoms with Gasteiger partial charge in [0.25, 0.3) is 0 Å². The molecule has 0 aliphatic rings. The largest absolute Gasteiger partial charge is 0.385 e. The molecule has 33 heavy (non-hydrogen) atoms. The summed E-state index contributed by atoms with van der Waals surface area (Å²) < 4.78 is 18.0. The van der Waals surface area contributed by atoms with Gasteiger partial charge in [0.05, 0.1) is 24.4 Å². The van der Waals surface area contributed by atoms with E-state index in [0.717, 1.165) is 51.9 Å². The third-order valence-electron chi connectivity index (χ3n) is 6.77. The normalized spacial score (nSPS) is 15.3. The van der Waals surface area contributed by atoms with E-state index in [1.54, 1.807) is 7.11 Å². The van der Waals surface area contributed by atoms with Crippen LogP contribution in [0.4, 0.5) is 0 Å². The van der Waals surface area contributed by atoms with Crippen LogP contribution >= 0.6 is 0 Å². The molecular weight excluding hydrogens is 410 g/mol. The third kappa shape index (κ3) is 10.4. The van der Waals surface area contributed by atoms with Crippen LogP contribution in [0.3, 0.4) is 0 Å². The van der Waals surface area contributed by atoms with Crippen LogP contribution in [0.15, 0.2) is 60.7 Å². The summed E-state index contributed by atoms with van der Waals surface area (Å²) in [5.74, 6) is 0. The van der Waals surface area contributed by atoms with E-state index < -0.39 is 0 Å². The number of hydrogen-bond donors (Lipinski definition) is 0. The van der Waals surface area contributed by atoms with Gasteiger partial charge in [0, 0.05) is 33.4 Å². The number of benzene rings is 2. The minimum absolute atomic E-state index is 0.132. The first-order valence-corrected chi connectivity index (χ1v) is 12.5. The highest BCUT2D eigenvalue weighted by Gasteiger charge is 2.27. The van der Waals surface area contributed by atoms with Gasteiger partial charge >= 0.3 is 0 Å². The first-order valence-electron chi connectivity index (χ1n) is 12.5. The highest BCUT2D eigenvalue weighted by molar-refractivity contribution is 5.17. The molecule has 0 aromatic heterocycles. The second kappa shape index (κ2) is 14.5. The van der Waals surface area contributed by atoms with E-state index >= 15 is 0 Å². The van der Waals surface area contributed by atoms with Gasteiger partial charge in [-0.05, 0) is 50.7 Å². The highest BCUT2D eigenvalue weighted by atomic mass is 16.5. The molecule has 184 valence electrons. The van der Waals surface area contributed by atoms with E-state index in [-0.39, 0.29) is 11.2 Å². The first kappa shape index (κ1) is 27.5. The molecule has 2 unspecified atom stereocenters. The molecule has 4 heteroatoms. The standard InChI is InChI=1S/C29H45NO3/c1-6-28(3,18-21-31-5)32-22-19-29(4,7-2)33-23-20-30(24-26-14-10-8-11-15-26)25-27-16-12-9-13-17-27/h8-17H,6-7,18-25H2,1-5H3. The van der Waals surface area contributed by atoms with E-state index in [1.807, 2.05) is 0 Å². The van der Waals surface area contributed by atoms with Gasteiger partial charge in [-0.15, -0.1) is 0 Å². The minimum atomic E-state index is -0.179. The maximum Gasteiger partial charge on any atom is 0.0674 e. The topological polar surface area (TPSA) is 30.9 Å². The molecule has 0 bridgehead atoms. The van der Waals surface area contributed by atoms with Crippen molar-refractivity contribution in [3.63, 3.8) is 0 Å². The Balaban J connectivity index is 1.89. The van der Waals surface area contributed by atoms with Crippen LogP contribution in [0.5, 0.6) is 0 Å². The summed E-state index contributed by atoms with van der Waals surface area (Å²) in [4.78, 5) is 2.47. The molecular formula is C29H45NO3. The van der Waals surface area contributed by atoms with Crippen molar-refractivity contribution in [1.82, 2.24) is 4.90 Å². The van der Waals surface area contributed by atoms with Gasteiger partial charge in [0.2, 0.25) is 0 Å². The lowest BCUT2D eigenvalue weighted by Crippen LogP contribution is -2.36. The Kier molecular flexibility index (Phi) is 12.1. The summed E-state index contributed by atoms with van der Waals surface area (Å²) >= 11 is 0. The average Bonchev–Trinajstić information content (AvgIpc) is 2.84. The van der Waals surface area contributed by atoms with Crippen molar-refractivity contribution in [1.29, 1.82) is 0 Å². The number of methoxy groups -OCH3 is 1. The zero-order valence-corrected chi connectivity index (χ0v) is 21.5. The molecule has 0 aliphatic heterocycles. The van der Waals surface area contributed by atoms with Crippen molar-refractivity contribution in [2.45, 2.75) is 77.7 Å². The molecule has 0 fully saturated rings. The molecule has 0 saturated heterocycles. The number of rotatable bonds is 17. The van der Waals surface area contributed by atoms with Crippen LogP contribution in [0.2, 0.25) is 0 Å². The molecule has 0 radical (unpaired) electrons. The van der Waals surface area contributed by atoms with Crippen molar-refractivity contribution in [2.24, 2.45) is 0 Å². The Morgan fingerprint density at radius 3 is 1.58 bits per heavy atom. The minimum Gasteiger partial charge on any atom is -0.385 e. The van der Waals surface area contributed by atoms with Gasteiger partial charge in [-0.25, -0.2) is 0 Å². The summed E-state index contributed by atoms with van der Waals surface area (Å²) in [6.45, 7) is 13.6. The van der Waals surface area contributed by atoms with Crippen LogP contribution in [0, 0.1) is 0 Å². The molecule has 4 nitrogen and oxygen atoms in total. The fourth-order valence-electron chi connectivity index (χ4n) is 3.85. The summed E-state index contributed by atoms with van der Waals surface area (Å²) in [6, 6.07) is 21.4. The molecule has 0 saturated carbocycles. The van der Waals surface area contributed by atoms with Gasteiger partial charge < -0.3 is 14.2 Å². The Hall–Kier alpha value is -1.72. The first-order chi connectivity index (χ1) is 15.9. The van der Waals surface area contributed by atoms with Crippen LogP contribution in [-0.4, -0.2) is 49.6 Å². The summed E-state index contributed by atoms with van der Waals surface area (Å²) in [7, 11) is 1.75. The second-order valence-corrected chi connectivity index (χ2v) is 9.48. The molecule has 0 N–H and O–H groups in total. The van der Waals surface area contributed by atoms with E-state index in [4.69, 9.17) is 14.2 Å². The van der Waals surface area contributed by atoms with E-state index in [2.05, 4.69) is 93.3 Å². The Morgan fingerprint density at radius 1 is 0.667 bits per heavy atom. The van der Waals surface area contributed by atoms with Crippen LogP contribution in [0.1, 0.15) is 64.5 Å². The average molecular weight is 456 g/mol. The van der Waals surface area contributed by atoms with E-state index in [1.165, 1.54) is 11.1 Å². The zero-order valence-electron chi connectivity index (χ0n) is 21.5. The van der Waals surface area contributed by atoms with Crippen molar-refractivity contribution in [3.8, 4) is 0 Å². The van der Waals surface area contributed by atoms with Crippen LogP contribution < -0.4 is 0 Å². The highest BCUT2D eigenvalue weighted by Crippen LogP contribution is 2.25. The van der Waals surface area contributed by atoms with Crippen molar-refractivity contribution in [3.05, 3.63) is 71.8 Å². The van der Waals surface area contributed by atoms with Gasteiger partial charge in [-0.3, -0.25) is 4.90 Å². The maximum absolute atomic E-state index is 6.47. The molecule has 2 aromatic rings. The molecule has 2 aromatic carbocycles. The smallest absolute Gasteiger partial charge is 0.0674 e. The molecule has 0 spiro atoms. The van der Waals surface area contributed by atoms with Crippen LogP contribution in [0.25, 0.3) is 0 Å². The van der Waals surface area contributed by atoms with E-state index in [9.17, 15) is 0 Å². The lowest BCUT2D eigenvalue weighted by Gasteiger charge is -2.33. The van der Waals surface area contributed by atoms with Gasteiger partial charge in [-0.2, -0.15) is 0 Å². The lowest BCUT2D eigenvalue weighted by molar-refractivity contribution is -0.0971. The van der Waals surface area contributed by atoms with Gasteiger partial charge in [0.1, 0.15) is 0 Å². The molecule has 0 heterocycles. The third-order valence-corrected chi connectivity index (χ3v) is 6.77. The fraction of sp³-hybridized carbons (Fsp3) is 0.586. The summed E-state index contributed by atoms with van der Waals surface area (Å²) in [6.07, 6.45) is 3.75. The Labute approximate surface area is 202 Å². The maximum atomic E-state index is 6.47. The van der Waals surface area contributed by atoms with Crippen molar-refractivity contribution >= 4 is 0 Å². The molecule has 2 atom stereocenters. The quantitative estimate of drug-likeness (QED) is 0.273. The predicted octanol–water partition coefficient (Wildman–Crippen LogP) is 6.49. The second-order valence-electron chi connectivity index (χ2n) is 9.48. The molecule has 0 aliphatic carbocycles. The van der Waals surface area contributed by atoms with Gasteiger partial charge in [-0.1, -0.05) is 74.5 Å². The monoisotopic (exact) mass is 455 g/mol. The fourth-order valence-corrected chi connectivity index (χ4v) is 3.85. The van der Waals surface area contributed by atoms with Crippen molar-refractivity contribution in [2.75, 3.05) is 33.5 Å². The molecule has 0 amide bonds. The number of hydrogen-bond acceptors (Lipinski definition) is 4. The Morgan fingerprint density at radius 2 is 1.12 bits per heavy atom. The summed E-state index contributed by atoms with van der Waals surface area (Å²) in [5.41, 5.74) is 2.35. The van der Waals surface area contributed by atoms with Gasteiger partial charge in [0.15, 0.2) is 0 Å². The summed E-state index contributed by atoms with van der Waals surface area (Å²) in [5, 5.41) is 0. The zero-order chi connectivity index (χ0) is 24.0. The SMILES string of the molecule is CCC(C)(CCOC)OCCC(C)(CC)OCCN(Cc1ccccc1)Cc1ccccc1. The number of ether oxygens (including phenoxy) is 3. The predicted molar refractivity (Wildman–Crippen MR) is 137 cm³/mol. The Bertz CT molecular complexity index is 712. The van der Waals surface area contributed by atoms with Crippen molar-refractivity contribution < 1.29 is 14.2 Å². The van der Waals surface area contributed by atoms with Crippen LogP contribution in [-0.2, 0) is 27.3 Å². The van der Waals surface area contributed by atoms with E-state index in [0.29, 0.717) is 13.2 Å². The number of nitrogens with zero attached hydrogens (tertiary/aromatic N) is 1.